The molecule has 0 aliphatic carbocycles. The maximum atomic E-state index is 12.6. The number of aromatic nitrogens is 1. The predicted molar refractivity (Wildman–Crippen MR) is 80.3 cm³/mol. The summed E-state index contributed by atoms with van der Waals surface area (Å²) in [6, 6.07) is -0.764. The molecule has 8 nitrogen and oxygen atoms in total. The number of nitrogen functional groups attached to an aromatic ring is 1. The Morgan fingerprint density at radius 3 is 2.90 bits per heavy atom. The highest BCUT2D eigenvalue weighted by Crippen LogP contribution is 2.29. The van der Waals surface area contributed by atoms with Crippen LogP contribution in [0.3, 0.4) is 0 Å². The van der Waals surface area contributed by atoms with Crippen LogP contribution in [-0.4, -0.2) is 61.1 Å². The van der Waals surface area contributed by atoms with Crippen LogP contribution < -0.4 is 16.4 Å². The molecular formula is C12H19N5O3S. The standard InChI is InChI=1S/C12H19N5O3S/c1-3-16(2)12-15-9(13)8(21-12)11(19)17-4-5-20-6-7(17)10(14)18/h7H,3-6,13H2,1-2H3,(H2,14,18). The van der Waals surface area contributed by atoms with Crippen LogP contribution in [0.2, 0.25) is 0 Å². The van der Waals surface area contributed by atoms with Gasteiger partial charge in [0, 0.05) is 20.1 Å². The van der Waals surface area contributed by atoms with Crippen molar-refractivity contribution in [3.05, 3.63) is 4.88 Å². The van der Waals surface area contributed by atoms with Gasteiger partial charge < -0.3 is 26.0 Å². The number of thiazole rings is 1. The quantitative estimate of drug-likeness (QED) is 0.775. The van der Waals surface area contributed by atoms with Gasteiger partial charge in [0.15, 0.2) is 5.13 Å². The normalized spacial score (nSPS) is 18.6. The van der Waals surface area contributed by atoms with Gasteiger partial charge in [-0.3, -0.25) is 9.59 Å². The van der Waals surface area contributed by atoms with E-state index in [0.717, 1.165) is 6.54 Å². The topological polar surface area (TPSA) is 115 Å². The van der Waals surface area contributed by atoms with Crippen LogP contribution in [0.15, 0.2) is 0 Å². The lowest BCUT2D eigenvalue weighted by atomic mass is 10.2. The molecule has 0 saturated carbocycles. The molecule has 1 atom stereocenters. The maximum Gasteiger partial charge on any atom is 0.268 e. The minimum atomic E-state index is -0.764. The molecule has 116 valence electrons. The minimum Gasteiger partial charge on any atom is -0.382 e. The van der Waals surface area contributed by atoms with Crippen molar-refractivity contribution in [1.29, 1.82) is 0 Å². The van der Waals surface area contributed by atoms with Crippen LogP contribution in [0.25, 0.3) is 0 Å². The Morgan fingerprint density at radius 2 is 2.29 bits per heavy atom. The zero-order chi connectivity index (χ0) is 15.6. The summed E-state index contributed by atoms with van der Waals surface area (Å²) in [5, 5.41) is 0.669. The van der Waals surface area contributed by atoms with E-state index in [9.17, 15) is 9.59 Å². The molecule has 1 saturated heterocycles. The number of nitrogens with two attached hydrogens (primary N) is 2. The summed E-state index contributed by atoms with van der Waals surface area (Å²) in [7, 11) is 1.87. The van der Waals surface area contributed by atoms with E-state index in [2.05, 4.69) is 4.98 Å². The molecule has 1 fully saturated rings. The van der Waals surface area contributed by atoms with Gasteiger partial charge in [0.2, 0.25) is 5.91 Å². The first-order valence-electron chi connectivity index (χ1n) is 6.61. The first-order valence-corrected chi connectivity index (χ1v) is 7.42. The van der Waals surface area contributed by atoms with Crippen LogP contribution in [0.5, 0.6) is 0 Å². The van der Waals surface area contributed by atoms with E-state index in [1.807, 2.05) is 18.9 Å². The van der Waals surface area contributed by atoms with Gasteiger partial charge in [0.25, 0.3) is 5.91 Å². The number of hydrogen-bond donors (Lipinski definition) is 2. The fourth-order valence-corrected chi connectivity index (χ4v) is 2.95. The molecule has 0 spiro atoms. The van der Waals surface area contributed by atoms with Crippen molar-refractivity contribution in [3.63, 3.8) is 0 Å². The van der Waals surface area contributed by atoms with Gasteiger partial charge in [0.05, 0.1) is 13.2 Å². The Balaban J connectivity index is 2.26. The predicted octanol–water partition coefficient (Wildman–Crippen LogP) is -0.492. The van der Waals surface area contributed by atoms with Gasteiger partial charge in [0.1, 0.15) is 16.7 Å². The molecule has 2 rings (SSSR count). The van der Waals surface area contributed by atoms with Gasteiger partial charge in [-0.15, -0.1) is 0 Å². The van der Waals surface area contributed by atoms with Crippen molar-refractivity contribution in [2.45, 2.75) is 13.0 Å². The SMILES string of the molecule is CCN(C)c1nc(N)c(C(=O)N2CCOCC2C(N)=O)s1. The summed E-state index contributed by atoms with van der Waals surface area (Å²) >= 11 is 1.21. The summed E-state index contributed by atoms with van der Waals surface area (Å²) in [4.78, 5) is 31.9. The Hall–Kier alpha value is -1.87. The fraction of sp³-hybridized carbons (Fsp3) is 0.583. The van der Waals surface area contributed by atoms with Gasteiger partial charge in [-0.25, -0.2) is 4.98 Å². The molecule has 4 N–H and O–H groups in total. The largest absolute Gasteiger partial charge is 0.382 e. The average molecular weight is 313 g/mol. The van der Waals surface area contributed by atoms with Gasteiger partial charge in [-0.2, -0.15) is 0 Å². The van der Waals surface area contributed by atoms with Crippen LogP contribution in [0, 0.1) is 0 Å². The van der Waals surface area contributed by atoms with Crippen LogP contribution in [0.4, 0.5) is 10.9 Å². The highest BCUT2D eigenvalue weighted by atomic mass is 32.1. The van der Waals surface area contributed by atoms with Crippen molar-refractivity contribution in [1.82, 2.24) is 9.88 Å². The third kappa shape index (κ3) is 3.08. The minimum absolute atomic E-state index is 0.113. The Kier molecular flexibility index (Phi) is 4.63. The van der Waals surface area contributed by atoms with Gasteiger partial charge in [-0.05, 0) is 6.92 Å². The first kappa shape index (κ1) is 15.5. The number of carbonyl (C=O) groups excluding carboxylic acids is 2. The molecule has 0 radical (unpaired) electrons. The number of hydrogen-bond acceptors (Lipinski definition) is 7. The number of ether oxygens (including phenoxy) is 1. The van der Waals surface area contributed by atoms with Crippen molar-refractivity contribution in [2.75, 3.05) is 44.0 Å². The highest BCUT2D eigenvalue weighted by Gasteiger charge is 2.34. The summed E-state index contributed by atoms with van der Waals surface area (Å²) in [6.45, 7) is 3.52. The second-order valence-electron chi connectivity index (χ2n) is 4.72. The van der Waals surface area contributed by atoms with Crippen LogP contribution in [0.1, 0.15) is 16.6 Å². The number of anilines is 2. The second kappa shape index (κ2) is 6.27. The van der Waals surface area contributed by atoms with Crippen LogP contribution in [-0.2, 0) is 9.53 Å². The molecule has 1 aliphatic heterocycles. The molecule has 0 bridgehead atoms. The number of primary amides is 1. The van der Waals surface area contributed by atoms with Crippen molar-refractivity contribution in [2.24, 2.45) is 5.73 Å². The molecule has 1 unspecified atom stereocenters. The lowest BCUT2D eigenvalue weighted by molar-refractivity contribution is -0.127. The average Bonchev–Trinajstić information content (AvgIpc) is 2.87. The molecular weight excluding hydrogens is 294 g/mol. The number of nitrogens with zero attached hydrogens (tertiary/aromatic N) is 3. The van der Waals surface area contributed by atoms with E-state index in [0.29, 0.717) is 23.2 Å². The summed E-state index contributed by atoms with van der Waals surface area (Å²) in [5.41, 5.74) is 11.2. The Labute approximate surface area is 126 Å². The summed E-state index contributed by atoms with van der Waals surface area (Å²) in [6.07, 6.45) is 0. The number of rotatable bonds is 4. The molecule has 1 aliphatic rings. The maximum absolute atomic E-state index is 12.6. The number of morpholine rings is 1. The Morgan fingerprint density at radius 1 is 1.57 bits per heavy atom. The molecule has 1 aromatic heterocycles. The van der Waals surface area contributed by atoms with Crippen molar-refractivity contribution >= 4 is 34.1 Å². The molecule has 2 amide bonds. The third-order valence-electron chi connectivity index (χ3n) is 3.35. The smallest absolute Gasteiger partial charge is 0.268 e. The second-order valence-corrected chi connectivity index (χ2v) is 5.69. The van der Waals surface area contributed by atoms with Gasteiger partial charge in [-0.1, -0.05) is 11.3 Å². The molecule has 2 heterocycles. The summed E-state index contributed by atoms with van der Waals surface area (Å²) < 4.78 is 5.20. The van der Waals surface area contributed by atoms with E-state index in [4.69, 9.17) is 16.2 Å². The Bertz CT molecular complexity index is 547. The van der Waals surface area contributed by atoms with Crippen LogP contribution >= 0.6 is 11.3 Å². The number of carbonyl (C=O) groups is 2. The lowest BCUT2D eigenvalue weighted by Gasteiger charge is -2.33. The van der Waals surface area contributed by atoms with Crippen molar-refractivity contribution in [3.8, 4) is 0 Å². The lowest BCUT2D eigenvalue weighted by Crippen LogP contribution is -2.54. The highest BCUT2D eigenvalue weighted by molar-refractivity contribution is 7.18. The number of amides is 2. The first-order chi connectivity index (χ1) is 9.95. The third-order valence-corrected chi connectivity index (χ3v) is 4.53. The zero-order valence-corrected chi connectivity index (χ0v) is 12.9. The summed E-state index contributed by atoms with van der Waals surface area (Å²) in [5.74, 6) is -0.736. The van der Waals surface area contributed by atoms with Crippen molar-refractivity contribution < 1.29 is 14.3 Å². The van der Waals surface area contributed by atoms with E-state index in [1.54, 1.807) is 0 Å². The molecule has 1 aromatic rings. The van der Waals surface area contributed by atoms with E-state index in [1.165, 1.54) is 16.2 Å². The van der Waals surface area contributed by atoms with Gasteiger partial charge >= 0.3 is 0 Å². The zero-order valence-electron chi connectivity index (χ0n) is 12.0. The molecule has 9 heteroatoms. The monoisotopic (exact) mass is 313 g/mol. The van der Waals surface area contributed by atoms with E-state index < -0.39 is 11.9 Å². The molecule has 21 heavy (non-hydrogen) atoms. The van der Waals surface area contributed by atoms with E-state index in [-0.39, 0.29) is 18.3 Å². The molecule has 0 aromatic carbocycles. The fourth-order valence-electron chi connectivity index (χ4n) is 1.98. The van der Waals surface area contributed by atoms with E-state index >= 15 is 0 Å².